The standard InChI is InChI=1S/C13H25NO2S/c1-3-4-9-16-13(15)10-14-11-7-5-6-8-12(11)17-2/h11-12,14H,3-10H2,1-2H3. The van der Waals surface area contributed by atoms with E-state index in [0.717, 1.165) is 12.8 Å². The van der Waals surface area contributed by atoms with Gasteiger partial charge in [0.1, 0.15) is 0 Å². The third-order valence-corrected chi connectivity index (χ3v) is 4.44. The predicted molar refractivity (Wildman–Crippen MR) is 73.4 cm³/mol. The molecule has 2 unspecified atom stereocenters. The molecule has 0 saturated heterocycles. The van der Waals surface area contributed by atoms with Crippen molar-refractivity contribution >= 4 is 17.7 Å². The van der Waals surface area contributed by atoms with Crippen molar-refractivity contribution in [3.05, 3.63) is 0 Å². The lowest BCUT2D eigenvalue weighted by molar-refractivity contribution is -0.142. The third kappa shape index (κ3) is 5.77. The van der Waals surface area contributed by atoms with Gasteiger partial charge >= 0.3 is 5.97 Å². The predicted octanol–water partition coefficient (Wildman–Crippen LogP) is 2.59. The number of hydrogen-bond donors (Lipinski definition) is 1. The van der Waals surface area contributed by atoms with E-state index in [-0.39, 0.29) is 5.97 Å². The molecule has 1 rings (SSSR count). The van der Waals surface area contributed by atoms with Crippen molar-refractivity contribution in [1.82, 2.24) is 5.32 Å². The minimum atomic E-state index is -0.108. The summed E-state index contributed by atoms with van der Waals surface area (Å²) < 4.78 is 5.13. The molecule has 0 amide bonds. The number of unbranched alkanes of at least 4 members (excludes halogenated alkanes) is 1. The van der Waals surface area contributed by atoms with Crippen LogP contribution in [0.5, 0.6) is 0 Å². The molecule has 1 N–H and O–H groups in total. The maximum Gasteiger partial charge on any atom is 0.319 e. The lowest BCUT2D eigenvalue weighted by Gasteiger charge is -2.30. The summed E-state index contributed by atoms with van der Waals surface area (Å²) in [6.45, 7) is 3.02. The highest BCUT2D eigenvalue weighted by molar-refractivity contribution is 7.99. The maximum absolute atomic E-state index is 11.5. The lowest BCUT2D eigenvalue weighted by Crippen LogP contribution is -2.43. The molecule has 0 aromatic heterocycles. The smallest absolute Gasteiger partial charge is 0.319 e. The fourth-order valence-electron chi connectivity index (χ4n) is 2.21. The number of rotatable bonds is 7. The number of thioether (sulfide) groups is 1. The molecule has 3 nitrogen and oxygen atoms in total. The summed E-state index contributed by atoms with van der Waals surface area (Å²) in [5.41, 5.74) is 0. The van der Waals surface area contributed by atoms with Gasteiger partial charge in [0, 0.05) is 11.3 Å². The summed E-state index contributed by atoms with van der Waals surface area (Å²) in [7, 11) is 0. The van der Waals surface area contributed by atoms with Crippen LogP contribution in [0.1, 0.15) is 45.4 Å². The van der Waals surface area contributed by atoms with Crippen LogP contribution in [0.15, 0.2) is 0 Å². The Morgan fingerprint density at radius 2 is 2.18 bits per heavy atom. The molecule has 0 heterocycles. The molecule has 0 aliphatic heterocycles. The SMILES string of the molecule is CCCCOC(=O)CNC1CCCCC1SC. The normalized spacial score (nSPS) is 24.6. The molecule has 100 valence electrons. The second-order valence-corrected chi connectivity index (χ2v) is 5.70. The monoisotopic (exact) mass is 259 g/mol. The molecule has 0 radical (unpaired) electrons. The number of hydrogen-bond acceptors (Lipinski definition) is 4. The van der Waals surface area contributed by atoms with E-state index in [1.165, 1.54) is 25.7 Å². The summed E-state index contributed by atoms with van der Waals surface area (Å²) in [6, 6.07) is 0.484. The van der Waals surface area contributed by atoms with Gasteiger partial charge < -0.3 is 10.1 Å². The van der Waals surface area contributed by atoms with Crippen molar-refractivity contribution in [2.45, 2.75) is 56.7 Å². The molecule has 0 spiro atoms. The Kier molecular flexibility index (Phi) is 7.69. The summed E-state index contributed by atoms with van der Waals surface area (Å²) >= 11 is 1.91. The highest BCUT2D eigenvalue weighted by atomic mass is 32.2. The second-order valence-electron chi connectivity index (χ2n) is 4.62. The third-order valence-electron chi connectivity index (χ3n) is 3.27. The minimum absolute atomic E-state index is 0.108. The Balaban J connectivity index is 2.17. The van der Waals surface area contributed by atoms with E-state index in [4.69, 9.17) is 4.74 Å². The van der Waals surface area contributed by atoms with E-state index < -0.39 is 0 Å². The first-order valence-electron chi connectivity index (χ1n) is 6.69. The van der Waals surface area contributed by atoms with Gasteiger partial charge in [-0.2, -0.15) is 11.8 Å². The quantitative estimate of drug-likeness (QED) is 0.563. The fourth-order valence-corrected chi connectivity index (χ4v) is 3.17. The van der Waals surface area contributed by atoms with Gasteiger partial charge in [-0.1, -0.05) is 26.2 Å². The number of carbonyl (C=O) groups is 1. The van der Waals surface area contributed by atoms with Gasteiger partial charge in [-0.15, -0.1) is 0 Å². The van der Waals surface area contributed by atoms with Crippen molar-refractivity contribution < 1.29 is 9.53 Å². The lowest BCUT2D eigenvalue weighted by atomic mass is 9.95. The topological polar surface area (TPSA) is 38.3 Å². The molecule has 17 heavy (non-hydrogen) atoms. The van der Waals surface area contributed by atoms with Gasteiger partial charge in [0.25, 0.3) is 0 Å². The average molecular weight is 259 g/mol. The number of ether oxygens (including phenoxy) is 1. The molecule has 0 aromatic rings. The van der Waals surface area contributed by atoms with Crippen molar-refractivity contribution in [1.29, 1.82) is 0 Å². The van der Waals surface area contributed by atoms with Gasteiger partial charge in [0.05, 0.1) is 13.2 Å². The van der Waals surface area contributed by atoms with Gasteiger partial charge in [0.2, 0.25) is 0 Å². The first kappa shape index (κ1) is 14.8. The first-order chi connectivity index (χ1) is 8.27. The second kappa shape index (κ2) is 8.81. The molecule has 0 aromatic carbocycles. The summed E-state index contributed by atoms with van der Waals surface area (Å²) in [6.07, 6.45) is 9.24. The maximum atomic E-state index is 11.5. The van der Waals surface area contributed by atoms with Crippen molar-refractivity contribution in [2.75, 3.05) is 19.4 Å². The Labute approximate surface area is 109 Å². The van der Waals surface area contributed by atoms with Crippen LogP contribution in [0, 0.1) is 0 Å². The van der Waals surface area contributed by atoms with Crippen LogP contribution in [0.2, 0.25) is 0 Å². The zero-order valence-corrected chi connectivity index (χ0v) is 11.9. The van der Waals surface area contributed by atoms with Gasteiger partial charge in [-0.25, -0.2) is 0 Å². The molecule has 2 atom stereocenters. The molecular weight excluding hydrogens is 234 g/mol. The van der Waals surface area contributed by atoms with Crippen LogP contribution in [0.4, 0.5) is 0 Å². The Morgan fingerprint density at radius 3 is 2.88 bits per heavy atom. The van der Waals surface area contributed by atoms with Gasteiger partial charge in [0.15, 0.2) is 0 Å². The Bertz CT molecular complexity index is 223. The van der Waals surface area contributed by atoms with Crippen LogP contribution in [0.25, 0.3) is 0 Å². The molecule has 1 fully saturated rings. The zero-order chi connectivity index (χ0) is 12.5. The molecule has 1 saturated carbocycles. The zero-order valence-electron chi connectivity index (χ0n) is 11.0. The van der Waals surface area contributed by atoms with Crippen LogP contribution in [-0.2, 0) is 9.53 Å². The van der Waals surface area contributed by atoms with Crippen molar-refractivity contribution in [3.8, 4) is 0 Å². The van der Waals surface area contributed by atoms with E-state index in [1.54, 1.807) is 0 Å². The first-order valence-corrected chi connectivity index (χ1v) is 7.98. The number of nitrogens with one attached hydrogen (secondary N) is 1. The Morgan fingerprint density at radius 1 is 1.41 bits per heavy atom. The largest absolute Gasteiger partial charge is 0.465 e. The average Bonchev–Trinajstić information content (AvgIpc) is 2.37. The van der Waals surface area contributed by atoms with E-state index in [9.17, 15) is 4.79 Å². The van der Waals surface area contributed by atoms with Crippen LogP contribution < -0.4 is 5.32 Å². The van der Waals surface area contributed by atoms with Gasteiger partial charge in [-0.05, 0) is 25.5 Å². The van der Waals surface area contributed by atoms with Crippen LogP contribution in [0.3, 0.4) is 0 Å². The van der Waals surface area contributed by atoms with Crippen LogP contribution in [-0.4, -0.2) is 36.7 Å². The van der Waals surface area contributed by atoms with E-state index >= 15 is 0 Å². The minimum Gasteiger partial charge on any atom is -0.465 e. The van der Waals surface area contributed by atoms with Crippen LogP contribution >= 0.6 is 11.8 Å². The summed E-state index contributed by atoms with van der Waals surface area (Å²) in [5, 5.41) is 4.01. The summed E-state index contributed by atoms with van der Waals surface area (Å²) in [4.78, 5) is 11.5. The van der Waals surface area contributed by atoms with Crippen molar-refractivity contribution in [2.24, 2.45) is 0 Å². The molecular formula is C13H25NO2S. The molecule has 0 bridgehead atoms. The molecule has 1 aliphatic rings. The highest BCUT2D eigenvalue weighted by Crippen LogP contribution is 2.26. The fraction of sp³-hybridized carbons (Fsp3) is 0.923. The molecule has 4 heteroatoms. The van der Waals surface area contributed by atoms with Crippen molar-refractivity contribution in [3.63, 3.8) is 0 Å². The Hall–Kier alpha value is -0.220. The highest BCUT2D eigenvalue weighted by Gasteiger charge is 2.24. The number of esters is 1. The molecule has 1 aliphatic carbocycles. The van der Waals surface area contributed by atoms with Gasteiger partial charge in [-0.3, -0.25) is 4.79 Å². The number of carbonyl (C=O) groups excluding carboxylic acids is 1. The summed E-state index contributed by atoms with van der Waals surface area (Å²) in [5.74, 6) is -0.108. The van der Waals surface area contributed by atoms with E-state index in [2.05, 4.69) is 18.5 Å². The van der Waals surface area contributed by atoms with E-state index in [1.807, 2.05) is 11.8 Å². The van der Waals surface area contributed by atoms with E-state index in [0.29, 0.717) is 24.4 Å².